The van der Waals surface area contributed by atoms with Crippen LogP contribution < -0.4 is 0 Å². The zero-order valence-corrected chi connectivity index (χ0v) is 11.8. The van der Waals surface area contributed by atoms with Crippen LogP contribution in [0.5, 0.6) is 0 Å². The van der Waals surface area contributed by atoms with Crippen molar-refractivity contribution in [2.45, 2.75) is 25.9 Å². The van der Waals surface area contributed by atoms with E-state index in [2.05, 4.69) is 4.74 Å². The van der Waals surface area contributed by atoms with Crippen LogP contribution in [0.3, 0.4) is 0 Å². The third-order valence-electron chi connectivity index (χ3n) is 2.90. The lowest BCUT2D eigenvalue weighted by Gasteiger charge is -2.13. The van der Waals surface area contributed by atoms with Crippen LogP contribution in [0.1, 0.15) is 24.8 Å². The van der Waals surface area contributed by atoms with Gasteiger partial charge in [0.15, 0.2) is 0 Å². The summed E-state index contributed by atoms with van der Waals surface area (Å²) in [5.74, 6) is -2.98. The minimum absolute atomic E-state index is 0.0441. The average Bonchev–Trinajstić information content (AvgIpc) is 2.49. The summed E-state index contributed by atoms with van der Waals surface area (Å²) < 4.78 is 9.63. The fourth-order valence-corrected chi connectivity index (χ4v) is 1.77. The molecule has 0 aliphatic heterocycles. The lowest BCUT2D eigenvalue weighted by atomic mass is 9.99. The molecule has 0 aliphatic carbocycles. The smallest absolute Gasteiger partial charge is 0.309 e. The number of carboxylic acids is 1. The quantitative estimate of drug-likeness (QED) is 0.735. The Morgan fingerprint density at radius 3 is 2.43 bits per heavy atom. The Morgan fingerprint density at radius 2 is 1.86 bits per heavy atom. The van der Waals surface area contributed by atoms with Gasteiger partial charge in [-0.15, -0.1) is 0 Å². The fraction of sp³-hybridized carbons (Fsp3) is 0.400. The summed E-state index contributed by atoms with van der Waals surface area (Å²) in [7, 11) is 1.20. The SMILES string of the molecule is COC(=O)C(CCC(=O)O)CC(=O)OCc1ccccc1. The first-order valence-electron chi connectivity index (χ1n) is 6.52. The third kappa shape index (κ3) is 6.56. The van der Waals surface area contributed by atoms with Gasteiger partial charge in [-0.2, -0.15) is 0 Å². The Kier molecular flexibility index (Phi) is 6.94. The van der Waals surface area contributed by atoms with Crippen LogP contribution in [0.25, 0.3) is 0 Å². The van der Waals surface area contributed by atoms with Crippen LogP contribution in [0.4, 0.5) is 0 Å². The Morgan fingerprint density at radius 1 is 1.19 bits per heavy atom. The number of carbonyl (C=O) groups is 3. The zero-order valence-electron chi connectivity index (χ0n) is 11.8. The first-order valence-corrected chi connectivity index (χ1v) is 6.52. The van der Waals surface area contributed by atoms with Crippen molar-refractivity contribution in [1.29, 1.82) is 0 Å². The van der Waals surface area contributed by atoms with Crippen molar-refractivity contribution < 1.29 is 29.0 Å². The maximum atomic E-state index is 11.7. The number of carbonyl (C=O) groups excluding carboxylic acids is 2. The monoisotopic (exact) mass is 294 g/mol. The Labute approximate surface area is 122 Å². The Bertz CT molecular complexity index is 482. The summed E-state index contributed by atoms with van der Waals surface area (Å²) in [6.45, 7) is 0.118. The van der Waals surface area contributed by atoms with Gasteiger partial charge < -0.3 is 14.6 Å². The van der Waals surface area contributed by atoms with Crippen LogP contribution in [-0.4, -0.2) is 30.1 Å². The Balaban J connectivity index is 2.47. The molecule has 0 saturated heterocycles. The second kappa shape index (κ2) is 8.73. The predicted octanol–water partition coefficient (Wildman–Crippen LogP) is 1.77. The van der Waals surface area contributed by atoms with Crippen molar-refractivity contribution in [2.75, 3.05) is 7.11 Å². The Hall–Kier alpha value is -2.37. The second-order valence-electron chi connectivity index (χ2n) is 4.50. The molecule has 0 aromatic heterocycles. The van der Waals surface area contributed by atoms with Gasteiger partial charge in [0.2, 0.25) is 0 Å². The third-order valence-corrected chi connectivity index (χ3v) is 2.90. The molecule has 0 fully saturated rings. The van der Waals surface area contributed by atoms with Gasteiger partial charge in [-0.1, -0.05) is 30.3 Å². The van der Waals surface area contributed by atoms with Crippen LogP contribution in [0, 0.1) is 5.92 Å². The van der Waals surface area contributed by atoms with Gasteiger partial charge in [-0.25, -0.2) is 0 Å². The van der Waals surface area contributed by atoms with Crippen molar-refractivity contribution >= 4 is 17.9 Å². The van der Waals surface area contributed by atoms with E-state index in [0.717, 1.165) is 5.56 Å². The van der Waals surface area contributed by atoms with E-state index < -0.39 is 23.8 Å². The molecule has 21 heavy (non-hydrogen) atoms. The zero-order chi connectivity index (χ0) is 15.7. The molecule has 1 aromatic rings. The standard InChI is InChI=1S/C15H18O6/c1-20-15(19)12(7-8-13(16)17)9-14(18)21-10-11-5-3-2-4-6-11/h2-6,12H,7-10H2,1H3,(H,16,17). The molecule has 0 heterocycles. The molecular formula is C15H18O6. The number of benzene rings is 1. The van der Waals surface area contributed by atoms with Gasteiger partial charge >= 0.3 is 17.9 Å². The second-order valence-corrected chi connectivity index (χ2v) is 4.50. The van der Waals surface area contributed by atoms with Gasteiger partial charge in [0.25, 0.3) is 0 Å². The van der Waals surface area contributed by atoms with Crippen LogP contribution in [0.15, 0.2) is 30.3 Å². The van der Waals surface area contributed by atoms with E-state index in [4.69, 9.17) is 9.84 Å². The molecule has 1 rings (SSSR count). The highest BCUT2D eigenvalue weighted by Gasteiger charge is 2.24. The lowest BCUT2D eigenvalue weighted by Crippen LogP contribution is -2.22. The highest BCUT2D eigenvalue weighted by Crippen LogP contribution is 2.15. The number of methoxy groups -OCH3 is 1. The largest absolute Gasteiger partial charge is 0.481 e. The van der Waals surface area contributed by atoms with Crippen LogP contribution in [0.2, 0.25) is 0 Å². The molecule has 0 aliphatic rings. The maximum Gasteiger partial charge on any atom is 0.309 e. The van der Waals surface area contributed by atoms with Crippen LogP contribution >= 0.6 is 0 Å². The summed E-state index contributed by atoms with van der Waals surface area (Å²) in [5, 5.41) is 8.63. The van der Waals surface area contributed by atoms with E-state index in [9.17, 15) is 14.4 Å². The fourth-order valence-electron chi connectivity index (χ4n) is 1.77. The number of hydrogen-bond donors (Lipinski definition) is 1. The molecule has 6 heteroatoms. The molecule has 0 spiro atoms. The first-order chi connectivity index (χ1) is 10.0. The van der Waals surface area contributed by atoms with E-state index in [-0.39, 0.29) is 25.9 Å². The van der Waals surface area contributed by atoms with Crippen molar-refractivity contribution in [3.8, 4) is 0 Å². The predicted molar refractivity (Wildman–Crippen MR) is 73.2 cm³/mol. The molecule has 6 nitrogen and oxygen atoms in total. The van der Waals surface area contributed by atoms with E-state index >= 15 is 0 Å². The maximum absolute atomic E-state index is 11.7. The first kappa shape index (κ1) is 16.7. The molecule has 0 saturated carbocycles. The van der Waals surface area contributed by atoms with Gasteiger partial charge in [-0.3, -0.25) is 14.4 Å². The number of esters is 2. The van der Waals surface area contributed by atoms with E-state index in [0.29, 0.717) is 0 Å². The summed E-state index contributed by atoms with van der Waals surface area (Å²) in [6, 6.07) is 9.13. The summed E-state index contributed by atoms with van der Waals surface area (Å²) in [6.07, 6.45) is -0.346. The lowest BCUT2D eigenvalue weighted by molar-refractivity contribution is -0.154. The van der Waals surface area contributed by atoms with Gasteiger partial charge in [0, 0.05) is 6.42 Å². The van der Waals surface area contributed by atoms with Crippen molar-refractivity contribution in [3.63, 3.8) is 0 Å². The number of hydrogen-bond acceptors (Lipinski definition) is 5. The molecule has 1 N–H and O–H groups in total. The van der Waals surface area contributed by atoms with Crippen LogP contribution in [-0.2, 0) is 30.5 Å². The summed E-state index contributed by atoms with van der Waals surface area (Å²) in [5.41, 5.74) is 0.839. The highest BCUT2D eigenvalue weighted by atomic mass is 16.5. The molecule has 0 amide bonds. The minimum Gasteiger partial charge on any atom is -0.481 e. The van der Waals surface area contributed by atoms with Gasteiger partial charge in [0.05, 0.1) is 19.4 Å². The molecule has 1 atom stereocenters. The van der Waals surface area contributed by atoms with Crippen molar-refractivity contribution in [3.05, 3.63) is 35.9 Å². The molecule has 1 aromatic carbocycles. The summed E-state index contributed by atoms with van der Waals surface area (Å²) >= 11 is 0. The van der Waals surface area contributed by atoms with Crippen molar-refractivity contribution in [2.24, 2.45) is 5.92 Å². The number of rotatable bonds is 8. The highest BCUT2D eigenvalue weighted by molar-refractivity contribution is 5.80. The number of aliphatic carboxylic acids is 1. The minimum atomic E-state index is -1.03. The summed E-state index contributed by atoms with van der Waals surface area (Å²) in [4.78, 5) is 33.8. The molecular weight excluding hydrogens is 276 g/mol. The average molecular weight is 294 g/mol. The van der Waals surface area contributed by atoms with Gasteiger partial charge in [-0.05, 0) is 12.0 Å². The molecule has 114 valence electrons. The molecule has 1 unspecified atom stereocenters. The molecule has 0 bridgehead atoms. The van der Waals surface area contributed by atoms with Gasteiger partial charge in [0.1, 0.15) is 6.61 Å². The van der Waals surface area contributed by atoms with E-state index in [1.54, 1.807) is 0 Å². The number of ether oxygens (including phenoxy) is 2. The topological polar surface area (TPSA) is 89.9 Å². The number of carboxylic acid groups (broad SMARTS) is 1. The normalized spacial score (nSPS) is 11.5. The van der Waals surface area contributed by atoms with Crippen molar-refractivity contribution in [1.82, 2.24) is 0 Å². The van der Waals surface area contributed by atoms with E-state index in [1.165, 1.54) is 7.11 Å². The molecule has 0 radical (unpaired) electrons. The van der Waals surface area contributed by atoms with E-state index in [1.807, 2.05) is 30.3 Å².